The second-order valence-electron chi connectivity index (χ2n) is 5.12. The molecule has 0 fully saturated rings. The minimum atomic E-state index is 0.851. The van der Waals surface area contributed by atoms with Crippen LogP contribution in [-0.2, 0) is 7.05 Å². The summed E-state index contributed by atoms with van der Waals surface area (Å²) in [7, 11) is 1.91. The Kier molecular flexibility index (Phi) is 3.34. The van der Waals surface area contributed by atoms with Gasteiger partial charge in [0.2, 0.25) is 0 Å². The Morgan fingerprint density at radius 3 is 2.70 bits per heavy atom. The Bertz CT molecular complexity index is 973. The number of nitrogens with zero attached hydrogens (tertiary/aromatic N) is 6. The van der Waals surface area contributed by atoms with E-state index in [0.717, 1.165) is 33.2 Å². The lowest BCUT2D eigenvalue weighted by molar-refractivity contribution is 0.768. The van der Waals surface area contributed by atoms with Gasteiger partial charge in [-0.3, -0.25) is 14.1 Å². The average Bonchev–Trinajstić information content (AvgIpc) is 3.20. The third-order valence-corrected chi connectivity index (χ3v) is 4.27. The first-order valence-corrected chi connectivity index (χ1v) is 8.30. The lowest BCUT2D eigenvalue weighted by atomic mass is 10.2. The molecule has 0 aliphatic rings. The average molecular weight is 322 g/mol. The normalized spacial score (nSPS) is 11.2. The number of hydrogen-bond acceptors (Lipinski definition) is 5. The molecular weight excluding hydrogens is 308 g/mol. The molecule has 114 valence electrons. The molecule has 23 heavy (non-hydrogen) atoms. The van der Waals surface area contributed by atoms with Crippen molar-refractivity contribution in [2.75, 3.05) is 6.26 Å². The number of rotatable bonds is 3. The van der Waals surface area contributed by atoms with Crippen molar-refractivity contribution in [3.8, 4) is 22.5 Å². The van der Waals surface area contributed by atoms with Crippen LogP contribution in [0.15, 0.2) is 54.3 Å². The van der Waals surface area contributed by atoms with Gasteiger partial charge in [-0.2, -0.15) is 5.10 Å². The highest BCUT2D eigenvalue weighted by Gasteiger charge is 2.14. The van der Waals surface area contributed by atoms with Gasteiger partial charge in [0.15, 0.2) is 5.65 Å². The smallest absolute Gasteiger partial charge is 0.170 e. The van der Waals surface area contributed by atoms with Crippen LogP contribution in [0.4, 0.5) is 0 Å². The molecule has 6 nitrogen and oxygen atoms in total. The van der Waals surface area contributed by atoms with Crippen molar-refractivity contribution in [2.45, 2.75) is 5.03 Å². The molecule has 0 spiro atoms. The summed E-state index contributed by atoms with van der Waals surface area (Å²) >= 11 is 1.59. The standard InChI is InChI=1S/C16H14N6S/c1-21-9-12(7-19-21)14-8-18-15-16(23-2)20-13(10-22(14)15)11-4-3-5-17-6-11/h3-10H,1-2H3. The Labute approximate surface area is 137 Å². The molecule has 0 aliphatic heterocycles. The third kappa shape index (κ3) is 2.39. The summed E-state index contributed by atoms with van der Waals surface area (Å²) in [5.41, 5.74) is 4.73. The molecule has 0 radical (unpaired) electrons. The summed E-state index contributed by atoms with van der Waals surface area (Å²) in [6.45, 7) is 0. The largest absolute Gasteiger partial charge is 0.295 e. The number of imidazole rings is 1. The Morgan fingerprint density at radius 2 is 2.00 bits per heavy atom. The molecule has 0 saturated heterocycles. The summed E-state index contributed by atoms with van der Waals surface area (Å²) in [5, 5.41) is 5.14. The Hall–Kier alpha value is -2.67. The van der Waals surface area contributed by atoms with Gasteiger partial charge in [-0.25, -0.2) is 9.97 Å². The van der Waals surface area contributed by atoms with Gasteiger partial charge < -0.3 is 0 Å². The molecule has 0 aromatic carbocycles. The van der Waals surface area contributed by atoms with Gasteiger partial charge in [0.05, 0.1) is 23.8 Å². The van der Waals surface area contributed by atoms with Crippen LogP contribution in [0, 0.1) is 0 Å². The Balaban J connectivity index is 1.97. The van der Waals surface area contributed by atoms with Crippen LogP contribution in [0.1, 0.15) is 0 Å². The fourth-order valence-corrected chi connectivity index (χ4v) is 3.04. The molecule has 0 atom stereocenters. The van der Waals surface area contributed by atoms with E-state index in [1.54, 1.807) is 22.6 Å². The van der Waals surface area contributed by atoms with Crippen molar-refractivity contribution in [3.63, 3.8) is 0 Å². The lowest BCUT2D eigenvalue weighted by Gasteiger charge is -2.07. The van der Waals surface area contributed by atoms with Gasteiger partial charge in [-0.05, 0) is 18.4 Å². The molecule has 4 rings (SSSR count). The van der Waals surface area contributed by atoms with E-state index in [4.69, 9.17) is 4.98 Å². The maximum atomic E-state index is 4.72. The summed E-state index contributed by atoms with van der Waals surface area (Å²) < 4.78 is 3.85. The minimum absolute atomic E-state index is 0.851. The van der Waals surface area contributed by atoms with E-state index in [1.807, 2.05) is 56.4 Å². The van der Waals surface area contributed by atoms with Gasteiger partial charge in [0.25, 0.3) is 0 Å². The quantitative estimate of drug-likeness (QED) is 0.543. The number of fused-ring (bicyclic) bond motifs is 1. The number of hydrogen-bond donors (Lipinski definition) is 0. The third-order valence-electron chi connectivity index (χ3n) is 3.61. The summed E-state index contributed by atoms with van der Waals surface area (Å²) in [6.07, 6.45) is 13.3. The summed E-state index contributed by atoms with van der Waals surface area (Å²) in [5.74, 6) is 0. The van der Waals surface area contributed by atoms with E-state index in [9.17, 15) is 0 Å². The molecule has 0 bridgehead atoms. The predicted molar refractivity (Wildman–Crippen MR) is 90.2 cm³/mol. The highest BCUT2D eigenvalue weighted by atomic mass is 32.2. The van der Waals surface area contributed by atoms with E-state index < -0.39 is 0 Å². The van der Waals surface area contributed by atoms with Gasteiger partial charge in [-0.1, -0.05) is 0 Å². The molecule has 0 N–H and O–H groups in total. The van der Waals surface area contributed by atoms with Crippen LogP contribution in [0.2, 0.25) is 0 Å². The van der Waals surface area contributed by atoms with Crippen LogP contribution >= 0.6 is 11.8 Å². The molecule has 0 saturated carbocycles. The highest BCUT2D eigenvalue weighted by Crippen LogP contribution is 2.28. The molecule has 4 aromatic rings. The zero-order valence-corrected chi connectivity index (χ0v) is 13.5. The van der Waals surface area contributed by atoms with Crippen molar-refractivity contribution in [3.05, 3.63) is 49.3 Å². The minimum Gasteiger partial charge on any atom is -0.295 e. The number of aryl methyl sites for hydroxylation is 1. The first kappa shape index (κ1) is 14.0. The first-order valence-electron chi connectivity index (χ1n) is 7.08. The molecule has 0 unspecified atom stereocenters. The topological polar surface area (TPSA) is 60.9 Å². The zero-order chi connectivity index (χ0) is 15.8. The van der Waals surface area contributed by atoms with Crippen LogP contribution in [0.25, 0.3) is 28.2 Å². The van der Waals surface area contributed by atoms with E-state index in [1.165, 1.54) is 0 Å². The van der Waals surface area contributed by atoms with E-state index >= 15 is 0 Å². The second-order valence-corrected chi connectivity index (χ2v) is 5.91. The van der Waals surface area contributed by atoms with Crippen molar-refractivity contribution < 1.29 is 0 Å². The predicted octanol–water partition coefficient (Wildman–Crippen LogP) is 2.91. The first-order chi connectivity index (χ1) is 11.3. The van der Waals surface area contributed by atoms with Crippen LogP contribution in [0.3, 0.4) is 0 Å². The fourth-order valence-electron chi connectivity index (χ4n) is 2.52. The van der Waals surface area contributed by atoms with E-state index in [2.05, 4.69) is 19.5 Å². The number of aromatic nitrogens is 6. The van der Waals surface area contributed by atoms with Crippen molar-refractivity contribution in [2.24, 2.45) is 7.05 Å². The maximum Gasteiger partial charge on any atom is 0.170 e. The SMILES string of the molecule is CSc1nc(-c2cccnc2)cn2c(-c3cnn(C)c3)cnc12. The van der Waals surface area contributed by atoms with Crippen molar-refractivity contribution >= 4 is 17.4 Å². The van der Waals surface area contributed by atoms with Crippen LogP contribution < -0.4 is 0 Å². The second kappa shape index (κ2) is 5.51. The molecule has 0 aliphatic carbocycles. The molecular formula is C16H14N6S. The summed E-state index contributed by atoms with van der Waals surface area (Å²) in [4.78, 5) is 13.4. The molecule has 4 aromatic heterocycles. The molecule has 7 heteroatoms. The monoisotopic (exact) mass is 322 g/mol. The Morgan fingerprint density at radius 1 is 1.09 bits per heavy atom. The lowest BCUT2D eigenvalue weighted by Crippen LogP contribution is -1.96. The summed E-state index contributed by atoms with van der Waals surface area (Å²) in [6, 6.07) is 3.92. The van der Waals surface area contributed by atoms with Crippen molar-refractivity contribution in [1.29, 1.82) is 0 Å². The number of thioether (sulfide) groups is 1. The van der Waals surface area contributed by atoms with Gasteiger partial charge in [-0.15, -0.1) is 11.8 Å². The zero-order valence-electron chi connectivity index (χ0n) is 12.7. The van der Waals surface area contributed by atoms with Gasteiger partial charge >= 0.3 is 0 Å². The highest BCUT2D eigenvalue weighted by molar-refractivity contribution is 7.98. The fraction of sp³-hybridized carbons (Fsp3) is 0.125. The van der Waals surface area contributed by atoms with Crippen LogP contribution in [0.5, 0.6) is 0 Å². The van der Waals surface area contributed by atoms with Gasteiger partial charge in [0, 0.05) is 43.0 Å². The molecule has 4 heterocycles. The van der Waals surface area contributed by atoms with E-state index in [0.29, 0.717) is 0 Å². The number of pyridine rings is 1. The van der Waals surface area contributed by atoms with Gasteiger partial charge in [0.1, 0.15) is 5.03 Å². The van der Waals surface area contributed by atoms with E-state index in [-0.39, 0.29) is 0 Å². The van der Waals surface area contributed by atoms with Crippen molar-refractivity contribution in [1.82, 2.24) is 29.1 Å². The molecule has 0 amide bonds. The maximum absolute atomic E-state index is 4.72. The van der Waals surface area contributed by atoms with Crippen LogP contribution in [-0.4, -0.2) is 35.4 Å².